The lowest BCUT2D eigenvalue weighted by molar-refractivity contribution is -0.383. The van der Waals surface area contributed by atoms with Gasteiger partial charge in [-0.3, -0.25) is 10.1 Å². The van der Waals surface area contributed by atoms with Crippen molar-refractivity contribution in [1.82, 2.24) is 9.97 Å². The fourth-order valence-electron chi connectivity index (χ4n) is 2.17. The van der Waals surface area contributed by atoms with Crippen molar-refractivity contribution in [2.75, 3.05) is 42.2 Å². The highest BCUT2D eigenvalue weighted by Crippen LogP contribution is 2.30. The van der Waals surface area contributed by atoms with Crippen LogP contribution in [0.1, 0.15) is 19.3 Å². The average Bonchev–Trinajstić information content (AvgIpc) is 2.45. The molecule has 1 aromatic rings. The molecule has 0 spiro atoms. The third kappa shape index (κ3) is 3.05. The number of nitro groups is 1. The van der Waals surface area contributed by atoms with Crippen molar-refractivity contribution in [2.24, 2.45) is 0 Å². The highest BCUT2D eigenvalue weighted by Gasteiger charge is 2.25. The minimum atomic E-state index is -0.616. The number of aromatic nitrogens is 2. The largest absolute Gasteiger partial charge is 0.395 e. The Morgan fingerprint density at radius 3 is 2.65 bits per heavy atom. The van der Waals surface area contributed by atoms with Gasteiger partial charge >= 0.3 is 5.69 Å². The minimum Gasteiger partial charge on any atom is -0.395 e. The lowest BCUT2D eigenvalue weighted by Crippen LogP contribution is -2.31. The molecule has 1 aliphatic rings. The van der Waals surface area contributed by atoms with E-state index < -0.39 is 4.92 Å². The summed E-state index contributed by atoms with van der Waals surface area (Å²) < 4.78 is 0. The molecule has 2 heterocycles. The third-order valence-electron chi connectivity index (χ3n) is 3.12. The lowest BCUT2D eigenvalue weighted by Gasteiger charge is -2.26. The molecule has 1 aliphatic heterocycles. The van der Waals surface area contributed by atoms with Crippen LogP contribution in [0.3, 0.4) is 0 Å². The maximum Gasteiger partial charge on any atom is 0.353 e. The number of nitrogens with two attached hydrogens (primary N) is 1. The summed E-state index contributed by atoms with van der Waals surface area (Å²) in [5.74, 6) is 0.288. The zero-order chi connectivity index (χ0) is 14.5. The molecule has 2 rings (SSSR count). The van der Waals surface area contributed by atoms with Crippen LogP contribution < -0.4 is 16.0 Å². The molecule has 1 aromatic heterocycles. The van der Waals surface area contributed by atoms with Crippen LogP contribution in [0.4, 0.5) is 23.3 Å². The Hall–Kier alpha value is -2.16. The number of aliphatic hydroxyl groups is 1. The Balaban J connectivity index is 2.34. The summed E-state index contributed by atoms with van der Waals surface area (Å²) in [4.78, 5) is 20.6. The van der Waals surface area contributed by atoms with E-state index in [1.807, 2.05) is 4.90 Å². The maximum atomic E-state index is 11.0. The van der Waals surface area contributed by atoms with Gasteiger partial charge in [-0.1, -0.05) is 0 Å². The number of nitrogen functional groups attached to an aromatic ring is 1. The normalized spacial score (nSPS) is 15.2. The number of hydrogen-bond donors (Lipinski definition) is 3. The standard InChI is InChI=1S/C11H18N6O3/c12-9-8(17(19)20)10(13-4-7-18)15-11(14-9)16-5-2-1-3-6-16/h18H,1-7H2,(H3,12,13,14,15). The topological polar surface area (TPSA) is 130 Å². The first-order valence-electron chi connectivity index (χ1n) is 6.55. The van der Waals surface area contributed by atoms with Crippen molar-refractivity contribution in [3.63, 3.8) is 0 Å². The zero-order valence-electron chi connectivity index (χ0n) is 11.1. The molecule has 110 valence electrons. The van der Waals surface area contributed by atoms with Crippen LogP contribution in [0.5, 0.6) is 0 Å². The SMILES string of the molecule is Nc1nc(N2CCCCC2)nc(NCCO)c1[N+](=O)[O-]. The second-order valence-corrected chi connectivity index (χ2v) is 4.56. The maximum absolute atomic E-state index is 11.0. The van der Waals surface area contributed by atoms with Gasteiger partial charge in [-0.15, -0.1) is 0 Å². The Morgan fingerprint density at radius 2 is 2.05 bits per heavy atom. The predicted molar refractivity (Wildman–Crippen MR) is 74.7 cm³/mol. The molecule has 0 saturated carbocycles. The van der Waals surface area contributed by atoms with Crippen molar-refractivity contribution in [2.45, 2.75) is 19.3 Å². The monoisotopic (exact) mass is 282 g/mol. The van der Waals surface area contributed by atoms with Crippen LogP contribution in [0.25, 0.3) is 0 Å². The zero-order valence-corrected chi connectivity index (χ0v) is 11.1. The molecular weight excluding hydrogens is 264 g/mol. The van der Waals surface area contributed by atoms with E-state index in [0.717, 1.165) is 32.4 Å². The van der Waals surface area contributed by atoms with Crippen molar-refractivity contribution in [1.29, 1.82) is 0 Å². The fraction of sp³-hybridized carbons (Fsp3) is 0.636. The summed E-state index contributed by atoms with van der Waals surface area (Å²) in [5, 5.41) is 22.6. The van der Waals surface area contributed by atoms with E-state index >= 15 is 0 Å². The van der Waals surface area contributed by atoms with Crippen LogP contribution in [-0.4, -0.2) is 46.2 Å². The first kappa shape index (κ1) is 14.3. The van der Waals surface area contributed by atoms with Gasteiger partial charge in [-0.05, 0) is 19.3 Å². The lowest BCUT2D eigenvalue weighted by atomic mass is 10.1. The van der Waals surface area contributed by atoms with Crippen molar-refractivity contribution < 1.29 is 10.0 Å². The molecule has 0 radical (unpaired) electrons. The van der Waals surface area contributed by atoms with E-state index in [2.05, 4.69) is 15.3 Å². The molecule has 1 saturated heterocycles. The van der Waals surface area contributed by atoms with Gasteiger partial charge in [-0.2, -0.15) is 9.97 Å². The molecule has 1 fully saturated rings. The molecule has 0 unspecified atom stereocenters. The van der Waals surface area contributed by atoms with E-state index in [0.29, 0.717) is 5.95 Å². The fourth-order valence-corrected chi connectivity index (χ4v) is 2.17. The number of nitrogens with zero attached hydrogens (tertiary/aromatic N) is 4. The van der Waals surface area contributed by atoms with Crippen molar-refractivity contribution in [3.8, 4) is 0 Å². The number of anilines is 3. The molecule has 0 amide bonds. The third-order valence-corrected chi connectivity index (χ3v) is 3.12. The van der Waals surface area contributed by atoms with Crippen LogP contribution >= 0.6 is 0 Å². The van der Waals surface area contributed by atoms with Gasteiger partial charge in [0.1, 0.15) is 0 Å². The number of hydrogen-bond acceptors (Lipinski definition) is 8. The Labute approximate surface area is 116 Å². The first-order chi connectivity index (χ1) is 9.63. The number of piperidine rings is 1. The highest BCUT2D eigenvalue weighted by atomic mass is 16.6. The van der Waals surface area contributed by atoms with E-state index in [1.165, 1.54) is 0 Å². The van der Waals surface area contributed by atoms with Gasteiger partial charge in [-0.25, -0.2) is 0 Å². The Kier molecular flexibility index (Phi) is 4.51. The molecular formula is C11H18N6O3. The average molecular weight is 282 g/mol. The number of nitrogens with one attached hydrogen (secondary N) is 1. The Bertz CT molecular complexity index is 489. The number of aliphatic hydroxyl groups excluding tert-OH is 1. The molecule has 9 heteroatoms. The second kappa shape index (κ2) is 6.33. The van der Waals surface area contributed by atoms with Crippen molar-refractivity contribution >= 4 is 23.3 Å². The van der Waals surface area contributed by atoms with Gasteiger partial charge in [0.15, 0.2) is 0 Å². The summed E-state index contributed by atoms with van der Waals surface area (Å²) >= 11 is 0. The Morgan fingerprint density at radius 1 is 1.35 bits per heavy atom. The quantitative estimate of drug-likeness (QED) is 0.521. The van der Waals surface area contributed by atoms with Crippen LogP contribution in [0.2, 0.25) is 0 Å². The summed E-state index contributed by atoms with van der Waals surface area (Å²) in [7, 11) is 0. The molecule has 4 N–H and O–H groups in total. The van der Waals surface area contributed by atoms with E-state index in [-0.39, 0.29) is 30.5 Å². The van der Waals surface area contributed by atoms with Crippen LogP contribution in [-0.2, 0) is 0 Å². The molecule has 0 aliphatic carbocycles. The van der Waals surface area contributed by atoms with Gasteiger partial charge in [0.05, 0.1) is 11.5 Å². The molecule has 0 aromatic carbocycles. The van der Waals surface area contributed by atoms with E-state index in [4.69, 9.17) is 10.8 Å². The summed E-state index contributed by atoms with van der Waals surface area (Å²) in [6.45, 7) is 1.64. The molecule has 0 bridgehead atoms. The van der Waals surface area contributed by atoms with Gasteiger partial charge in [0.25, 0.3) is 0 Å². The number of rotatable bonds is 5. The van der Waals surface area contributed by atoms with Crippen LogP contribution in [0.15, 0.2) is 0 Å². The van der Waals surface area contributed by atoms with Gasteiger partial charge < -0.3 is 21.1 Å². The molecule has 20 heavy (non-hydrogen) atoms. The first-order valence-corrected chi connectivity index (χ1v) is 6.55. The summed E-state index contributed by atoms with van der Waals surface area (Å²) in [6, 6.07) is 0. The smallest absolute Gasteiger partial charge is 0.353 e. The van der Waals surface area contributed by atoms with Gasteiger partial charge in [0.2, 0.25) is 17.6 Å². The second-order valence-electron chi connectivity index (χ2n) is 4.56. The van der Waals surface area contributed by atoms with Gasteiger partial charge in [0, 0.05) is 19.6 Å². The van der Waals surface area contributed by atoms with E-state index in [9.17, 15) is 10.1 Å². The predicted octanol–water partition coefficient (Wildman–Crippen LogP) is 0.361. The van der Waals surface area contributed by atoms with Crippen molar-refractivity contribution in [3.05, 3.63) is 10.1 Å². The highest BCUT2D eigenvalue weighted by molar-refractivity contribution is 5.70. The van der Waals surface area contributed by atoms with E-state index in [1.54, 1.807) is 0 Å². The molecule has 9 nitrogen and oxygen atoms in total. The summed E-state index contributed by atoms with van der Waals surface area (Å²) in [6.07, 6.45) is 3.24. The minimum absolute atomic E-state index is 0.0529. The summed E-state index contributed by atoms with van der Waals surface area (Å²) in [5.41, 5.74) is 5.33. The molecule has 0 atom stereocenters. The van der Waals surface area contributed by atoms with Crippen LogP contribution in [0, 0.1) is 10.1 Å².